The van der Waals surface area contributed by atoms with E-state index in [0.29, 0.717) is 5.41 Å². The van der Waals surface area contributed by atoms with Gasteiger partial charge in [-0.25, -0.2) is 0 Å². The summed E-state index contributed by atoms with van der Waals surface area (Å²) >= 11 is 0. The standard InChI is InChI=1S/C11H20/c1-6-8-9-10(7-2)11(3,4)5/h6,8-9H,7H2,1-5H3. The fraction of sp³-hybridized carbons (Fsp3) is 0.636. The first-order valence-corrected chi connectivity index (χ1v) is 4.34. The Kier molecular flexibility index (Phi) is 4.17. The van der Waals surface area contributed by atoms with E-state index in [-0.39, 0.29) is 0 Å². The van der Waals surface area contributed by atoms with Gasteiger partial charge < -0.3 is 0 Å². The third-order valence-electron chi connectivity index (χ3n) is 1.83. The van der Waals surface area contributed by atoms with Crippen LogP contribution in [0.1, 0.15) is 41.0 Å². The Morgan fingerprint density at radius 1 is 1.27 bits per heavy atom. The molecule has 0 atom stereocenters. The molecule has 0 saturated heterocycles. The van der Waals surface area contributed by atoms with Crippen molar-refractivity contribution in [2.24, 2.45) is 5.41 Å². The summed E-state index contributed by atoms with van der Waals surface area (Å²) in [6.07, 6.45) is 7.55. The molecule has 0 radical (unpaired) electrons. The van der Waals surface area contributed by atoms with Gasteiger partial charge in [-0.3, -0.25) is 0 Å². The molecule has 0 spiro atoms. The van der Waals surface area contributed by atoms with Gasteiger partial charge in [-0.2, -0.15) is 0 Å². The van der Waals surface area contributed by atoms with Gasteiger partial charge in [0.2, 0.25) is 0 Å². The molecule has 0 fully saturated rings. The lowest BCUT2D eigenvalue weighted by Gasteiger charge is -2.21. The van der Waals surface area contributed by atoms with Gasteiger partial charge in [0.05, 0.1) is 0 Å². The van der Waals surface area contributed by atoms with Gasteiger partial charge in [-0.15, -0.1) is 0 Å². The van der Waals surface area contributed by atoms with E-state index in [0.717, 1.165) is 6.42 Å². The maximum Gasteiger partial charge on any atom is -0.0170 e. The van der Waals surface area contributed by atoms with Crippen LogP contribution in [0.25, 0.3) is 0 Å². The minimum atomic E-state index is 0.328. The average molecular weight is 152 g/mol. The predicted molar refractivity (Wildman–Crippen MR) is 52.6 cm³/mol. The molecule has 0 N–H and O–H groups in total. The first kappa shape index (κ1) is 10.5. The van der Waals surface area contributed by atoms with E-state index in [2.05, 4.69) is 45.9 Å². The molecule has 0 bridgehead atoms. The molecule has 0 aromatic rings. The molecular formula is C11H20. The van der Waals surface area contributed by atoms with Crippen molar-refractivity contribution < 1.29 is 0 Å². The second-order valence-electron chi connectivity index (χ2n) is 3.82. The molecule has 64 valence electrons. The maximum atomic E-state index is 2.26. The zero-order valence-electron chi connectivity index (χ0n) is 8.44. The van der Waals surface area contributed by atoms with Crippen molar-refractivity contribution in [3.05, 3.63) is 23.8 Å². The van der Waals surface area contributed by atoms with Gasteiger partial charge in [0.1, 0.15) is 0 Å². The van der Waals surface area contributed by atoms with Crippen molar-refractivity contribution in [1.29, 1.82) is 0 Å². The summed E-state index contributed by atoms with van der Waals surface area (Å²) in [7, 11) is 0. The van der Waals surface area contributed by atoms with Crippen LogP contribution in [0.5, 0.6) is 0 Å². The normalized spacial score (nSPS) is 14.5. The van der Waals surface area contributed by atoms with E-state index in [1.54, 1.807) is 0 Å². The topological polar surface area (TPSA) is 0 Å². The Balaban J connectivity index is 4.40. The first-order valence-electron chi connectivity index (χ1n) is 4.34. The lowest BCUT2D eigenvalue weighted by atomic mass is 9.84. The zero-order valence-corrected chi connectivity index (χ0v) is 8.44. The summed E-state index contributed by atoms with van der Waals surface area (Å²) in [6, 6.07) is 0. The fourth-order valence-electron chi connectivity index (χ4n) is 1.11. The van der Waals surface area contributed by atoms with Gasteiger partial charge in [0.15, 0.2) is 0 Å². The third kappa shape index (κ3) is 4.02. The smallest absolute Gasteiger partial charge is 0.0170 e. The van der Waals surface area contributed by atoms with Gasteiger partial charge in [-0.05, 0) is 18.8 Å². The number of rotatable bonds is 2. The molecule has 0 aliphatic rings. The SMILES string of the molecule is CC=CC=C(CC)C(C)(C)C. The van der Waals surface area contributed by atoms with Crippen LogP contribution in [-0.2, 0) is 0 Å². The van der Waals surface area contributed by atoms with Crippen molar-refractivity contribution in [2.45, 2.75) is 41.0 Å². The Hall–Kier alpha value is -0.520. The number of allylic oxidation sites excluding steroid dienone is 4. The summed E-state index contributed by atoms with van der Waals surface area (Å²) in [5.74, 6) is 0. The highest BCUT2D eigenvalue weighted by Gasteiger charge is 2.13. The fourth-order valence-corrected chi connectivity index (χ4v) is 1.11. The number of hydrogen-bond donors (Lipinski definition) is 0. The summed E-state index contributed by atoms with van der Waals surface area (Å²) < 4.78 is 0. The molecule has 11 heavy (non-hydrogen) atoms. The van der Waals surface area contributed by atoms with Crippen molar-refractivity contribution in [2.75, 3.05) is 0 Å². The maximum absolute atomic E-state index is 2.26. The van der Waals surface area contributed by atoms with Crippen LogP contribution in [0, 0.1) is 5.41 Å². The second kappa shape index (κ2) is 4.38. The minimum Gasteiger partial charge on any atom is -0.0877 e. The van der Waals surface area contributed by atoms with Crippen LogP contribution in [-0.4, -0.2) is 0 Å². The van der Waals surface area contributed by atoms with E-state index in [1.807, 2.05) is 6.92 Å². The van der Waals surface area contributed by atoms with Crippen LogP contribution in [0.2, 0.25) is 0 Å². The molecule has 0 saturated carbocycles. The molecule has 0 amide bonds. The Labute approximate surface area is 71.0 Å². The van der Waals surface area contributed by atoms with Gasteiger partial charge in [0, 0.05) is 0 Å². The monoisotopic (exact) mass is 152 g/mol. The van der Waals surface area contributed by atoms with Crippen LogP contribution in [0.3, 0.4) is 0 Å². The van der Waals surface area contributed by atoms with Crippen LogP contribution < -0.4 is 0 Å². The molecule has 0 heteroatoms. The molecule has 0 nitrogen and oxygen atoms in total. The molecular weight excluding hydrogens is 132 g/mol. The van der Waals surface area contributed by atoms with Gasteiger partial charge >= 0.3 is 0 Å². The molecule has 0 aliphatic heterocycles. The highest BCUT2D eigenvalue weighted by molar-refractivity contribution is 5.17. The number of hydrogen-bond acceptors (Lipinski definition) is 0. The minimum absolute atomic E-state index is 0.328. The summed E-state index contributed by atoms with van der Waals surface area (Å²) in [5, 5.41) is 0. The molecule has 0 aromatic carbocycles. The Bertz CT molecular complexity index is 153. The first-order chi connectivity index (χ1) is 5.02. The van der Waals surface area contributed by atoms with Crippen molar-refractivity contribution in [3.8, 4) is 0 Å². The quantitative estimate of drug-likeness (QED) is 0.526. The second-order valence-corrected chi connectivity index (χ2v) is 3.82. The van der Waals surface area contributed by atoms with Crippen molar-refractivity contribution in [1.82, 2.24) is 0 Å². The van der Waals surface area contributed by atoms with Crippen LogP contribution >= 0.6 is 0 Å². The van der Waals surface area contributed by atoms with Gasteiger partial charge in [0.25, 0.3) is 0 Å². The Morgan fingerprint density at radius 2 is 1.82 bits per heavy atom. The van der Waals surface area contributed by atoms with E-state index in [1.165, 1.54) is 5.57 Å². The summed E-state index contributed by atoms with van der Waals surface area (Å²) in [6.45, 7) is 11.0. The van der Waals surface area contributed by atoms with Crippen molar-refractivity contribution >= 4 is 0 Å². The highest BCUT2D eigenvalue weighted by Crippen LogP contribution is 2.27. The molecule has 0 unspecified atom stereocenters. The van der Waals surface area contributed by atoms with Gasteiger partial charge in [-0.1, -0.05) is 51.5 Å². The van der Waals surface area contributed by atoms with Crippen molar-refractivity contribution in [3.63, 3.8) is 0 Å². The molecule has 0 heterocycles. The largest absolute Gasteiger partial charge is 0.0877 e. The van der Waals surface area contributed by atoms with E-state index in [9.17, 15) is 0 Å². The summed E-state index contributed by atoms with van der Waals surface area (Å²) in [4.78, 5) is 0. The van der Waals surface area contributed by atoms with E-state index >= 15 is 0 Å². The highest BCUT2D eigenvalue weighted by atomic mass is 14.2. The van der Waals surface area contributed by atoms with E-state index in [4.69, 9.17) is 0 Å². The lowest BCUT2D eigenvalue weighted by Crippen LogP contribution is -2.08. The predicted octanol–water partition coefficient (Wildman–Crippen LogP) is 3.95. The Morgan fingerprint density at radius 3 is 2.09 bits per heavy atom. The zero-order chi connectivity index (χ0) is 8.91. The average Bonchev–Trinajstić information content (AvgIpc) is 1.87. The summed E-state index contributed by atoms with van der Waals surface area (Å²) in [5.41, 5.74) is 1.84. The lowest BCUT2D eigenvalue weighted by molar-refractivity contribution is 0.488. The van der Waals surface area contributed by atoms with Crippen LogP contribution in [0.15, 0.2) is 23.8 Å². The third-order valence-corrected chi connectivity index (χ3v) is 1.83. The molecule has 0 rings (SSSR count). The molecule has 0 aliphatic carbocycles. The molecule has 0 aromatic heterocycles. The van der Waals surface area contributed by atoms with E-state index < -0.39 is 0 Å². The van der Waals surface area contributed by atoms with Crippen LogP contribution in [0.4, 0.5) is 0 Å².